The van der Waals surface area contributed by atoms with E-state index in [-0.39, 0.29) is 42.7 Å². The summed E-state index contributed by atoms with van der Waals surface area (Å²) in [5.74, 6) is -0.277. The van der Waals surface area contributed by atoms with E-state index in [2.05, 4.69) is 15.1 Å². The highest BCUT2D eigenvalue weighted by atomic mass is 19.4. The summed E-state index contributed by atoms with van der Waals surface area (Å²) in [7, 11) is 5.42. The Labute approximate surface area is 233 Å². The van der Waals surface area contributed by atoms with Crippen molar-refractivity contribution in [3.05, 3.63) is 65.4 Å². The molecule has 0 saturated heterocycles. The molecule has 2 heterocycles. The number of benzene rings is 2. The van der Waals surface area contributed by atoms with E-state index in [9.17, 15) is 18.0 Å². The van der Waals surface area contributed by atoms with Gasteiger partial charge in [0.05, 0.1) is 42.1 Å². The van der Waals surface area contributed by atoms with Crippen molar-refractivity contribution in [3.63, 3.8) is 0 Å². The third kappa shape index (κ3) is 6.02. The molecule has 1 aliphatic rings. The van der Waals surface area contributed by atoms with Crippen molar-refractivity contribution in [2.24, 2.45) is 0 Å². The number of methoxy groups -OCH3 is 1. The second kappa shape index (κ2) is 11.1. The summed E-state index contributed by atoms with van der Waals surface area (Å²) < 4.78 is 71.2. The summed E-state index contributed by atoms with van der Waals surface area (Å²) in [4.78, 5) is 23.6. The van der Waals surface area contributed by atoms with E-state index in [0.29, 0.717) is 46.9 Å². The average molecular weight is 573 g/mol. The fraction of sp³-hybridized carbons (Fsp3) is 0.379. The number of hydrogen-bond acceptors (Lipinski definition) is 8. The summed E-state index contributed by atoms with van der Waals surface area (Å²) in [6.45, 7) is 1.15. The number of carbonyl (C=O) groups excluding carboxylic acids is 1. The van der Waals surface area contributed by atoms with Gasteiger partial charge in [0.1, 0.15) is 23.6 Å². The lowest BCUT2D eigenvalue weighted by Crippen LogP contribution is -2.28. The van der Waals surface area contributed by atoms with E-state index in [4.69, 9.17) is 14.0 Å². The number of aromatic nitrogens is 3. The van der Waals surface area contributed by atoms with Crippen molar-refractivity contribution in [1.82, 2.24) is 20.0 Å². The number of nitrogens with zero attached hydrogens (tertiary/aromatic N) is 4. The molecule has 5 rings (SSSR count). The van der Waals surface area contributed by atoms with Gasteiger partial charge in [-0.1, -0.05) is 17.3 Å². The number of halogens is 4. The van der Waals surface area contributed by atoms with Crippen molar-refractivity contribution < 1.29 is 36.4 Å². The van der Waals surface area contributed by atoms with Crippen LogP contribution in [-0.4, -0.2) is 66.3 Å². The number of fused-ring (bicyclic) bond motifs is 1. The molecule has 0 aliphatic heterocycles. The van der Waals surface area contributed by atoms with Crippen LogP contribution >= 0.6 is 0 Å². The Morgan fingerprint density at radius 1 is 1.07 bits per heavy atom. The van der Waals surface area contributed by atoms with Crippen LogP contribution in [0.2, 0.25) is 0 Å². The SMILES string of the molecule is COc1cc2ncc(-c3ccc(CC(=O)Cc4cc(C5(C(F)(F)F)CC5)on4)c(F)c3)nc2cc1OCCN(C)C. The lowest BCUT2D eigenvalue weighted by atomic mass is 10.0. The zero-order valence-electron chi connectivity index (χ0n) is 22.7. The molecule has 1 aliphatic carbocycles. The molecule has 2 aromatic carbocycles. The maximum absolute atomic E-state index is 15.0. The van der Waals surface area contributed by atoms with Gasteiger partial charge in [0.25, 0.3) is 0 Å². The number of hydrogen-bond donors (Lipinski definition) is 0. The number of carbonyl (C=O) groups is 1. The molecule has 8 nitrogen and oxygen atoms in total. The molecule has 2 aromatic heterocycles. The average Bonchev–Trinajstić information content (AvgIpc) is 3.62. The van der Waals surface area contributed by atoms with Crippen molar-refractivity contribution in [2.45, 2.75) is 37.3 Å². The van der Waals surface area contributed by atoms with Gasteiger partial charge in [-0.3, -0.25) is 9.78 Å². The largest absolute Gasteiger partial charge is 0.493 e. The highest BCUT2D eigenvalue weighted by Gasteiger charge is 2.66. The quantitative estimate of drug-likeness (QED) is 0.223. The van der Waals surface area contributed by atoms with Crippen LogP contribution in [0.25, 0.3) is 22.3 Å². The molecule has 1 fully saturated rings. The molecule has 216 valence electrons. The van der Waals surface area contributed by atoms with Crippen molar-refractivity contribution in [1.29, 1.82) is 0 Å². The minimum absolute atomic E-state index is 0.0713. The number of Topliss-reactive ketones (excluding diaryl/α,β-unsaturated/α-hetero) is 1. The normalized spacial score (nSPS) is 14.4. The molecule has 0 atom stereocenters. The molecule has 0 unspecified atom stereocenters. The Kier molecular flexibility index (Phi) is 7.69. The zero-order chi connectivity index (χ0) is 29.4. The molecule has 0 radical (unpaired) electrons. The van der Waals surface area contributed by atoms with Crippen LogP contribution < -0.4 is 9.47 Å². The first-order valence-electron chi connectivity index (χ1n) is 12.9. The Morgan fingerprint density at radius 3 is 2.49 bits per heavy atom. The Balaban J connectivity index is 1.29. The summed E-state index contributed by atoms with van der Waals surface area (Å²) >= 11 is 0. The van der Waals surface area contributed by atoms with Crippen LogP contribution in [0, 0.1) is 5.82 Å². The molecule has 0 amide bonds. The molecule has 0 spiro atoms. The summed E-state index contributed by atoms with van der Waals surface area (Å²) in [6.07, 6.45) is -3.59. The molecular formula is C29H28F4N4O4. The second-order valence-electron chi connectivity index (χ2n) is 10.4. The van der Waals surface area contributed by atoms with Gasteiger partial charge in [0.2, 0.25) is 0 Å². The predicted octanol–water partition coefficient (Wildman–Crippen LogP) is 5.32. The highest BCUT2D eigenvalue weighted by molar-refractivity contribution is 5.83. The minimum atomic E-state index is -4.44. The fourth-order valence-corrected chi connectivity index (χ4v) is 4.51. The van der Waals surface area contributed by atoms with Gasteiger partial charge < -0.3 is 18.9 Å². The van der Waals surface area contributed by atoms with Crippen LogP contribution in [0.4, 0.5) is 17.6 Å². The maximum Gasteiger partial charge on any atom is 0.401 e. The van der Waals surface area contributed by atoms with E-state index < -0.39 is 23.2 Å². The third-order valence-corrected chi connectivity index (χ3v) is 7.06. The lowest BCUT2D eigenvalue weighted by Gasteiger charge is -2.15. The van der Waals surface area contributed by atoms with E-state index in [0.717, 1.165) is 0 Å². The predicted molar refractivity (Wildman–Crippen MR) is 141 cm³/mol. The van der Waals surface area contributed by atoms with Gasteiger partial charge >= 0.3 is 6.18 Å². The van der Waals surface area contributed by atoms with E-state index >= 15 is 4.39 Å². The molecule has 1 saturated carbocycles. The Morgan fingerprint density at radius 2 is 1.83 bits per heavy atom. The first-order valence-corrected chi connectivity index (χ1v) is 12.9. The minimum Gasteiger partial charge on any atom is -0.493 e. The highest BCUT2D eigenvalue weighted by Crippen LogP contribution is 2.59. The molecular weight excluding hydrogens is 544 g/mol. The van der Waals surface area contributed by atoms with Crippen LogP contribution in [0.15, 0.2) is 47.1 Å². The summed E-state index contributed by atoms with van der Waals surface area (Å²) in [5.41, 5.74) is 0.216. The first-order chi connectivity index (χ1) is 19.5. The van der Waals surface area contributed by atoms with E-state index in [1.807, 2.05) is 19.0 Å². The van der Waals surface area contributed by atoms with Gasteiger partial charge in [-0.15, -0.1) is 0 Å². The standard InChI is InChI=1S/C29H28F4N4O4/c1-37(2)8-9-40-26-15-23-22(14-25(26)39-3)34-16-24(35-23)18-5-4-17(21(30)11-18)10-20(38)12-19-13-27(41-36-19)28(6-7-28)29(31,32)33/h4-5,11,13-16H,6-10,12H2,1-3H3. The number of rotatable bonds is 11. The van der Waals surface area contributed by atoms with Crippen LogP contribution in [0.5, 0.6) is 11.5 Å². The molecule has 12 heteroatoms. The van der Waals surface area contributed by atoms with Gasteiger partial charge in [-0.05, 0) is 38.6 Å². The first kappa shape index (κ1) is 28.5. The van der Waals surface area contributed by atoms with E-state index in [1.54, 1.807) is 18.2 Å². The number of alkyl halides is 3. The van der Waals surface area contributed by atoms with Crippen molar-refractivity contribution >= 4 is 16.8 Å². The van der Waals surface area contributed by atoms with Gasteiger partial charge in [-0.2, -0.15) is 13.2 Å². The smallest absolute Gasteiger partial charge is 0.401 e. The molecule has 0 N–H and O–H groups in total. The summed E-state index contributed by atoms with van der Waals surface area (Å²) in [5, 5.41) is 3.64. The lowest BCUT2D eigenvalue weighted by molar-refractivity contribution is -0.165. The van der Waals surface area contributed by atoms with Crippen LogP contribution in [-0.2, 0) is 23.1 Å². The second-order valence-corrected chi connectivity index (χ2v) is 10.4. The topological polar surface area (TPSA) is 90.6 Å². The van der Waals surface area contributed by atoms with E-state index in [1.165, 1.54) is 31.5 Å². The molecule has 4 aromatic rings. The number of ether oxygens (including phenoxy) is 2. The maximum atomic E-state index is 15.0. The van der Waals surface area contributed by atoms with Crippen LogP contribution in [0.1, 0.15) is 29.9 Å². The van der Waals surface area contributed by atoms with Crippen molar-refractivity contribution in [3.8, 4) is 22.8 Å². The van der Waals surface area contributed by atoms with Gasteiger partial charge in [0.15, 0.2) is 17.3 Å². The van der Waals surface area contributed by atoms with Gasteiger partial charge in [-0.25, -0.2) is 9.37 Å². The zero-order valence-corrected chi connectivity index (χ0v) is 22.7. The Bertz CT molecular complexity index is 1580. The summed E-state index contributed by atoms with van der Waals surface area (Å²) in [6, 6.07) is 9.00. The number of likely N-dealkylation sites (N-methyl/N-ethyl adjacent to an activating group) is 1. The van der Waals surface area contributed by atoms with Crippen LogP contribution in [0.3, 0.4) is 0 Å². The molecule has 41 heavy (non-hydrogen) atoms. The fourth-order valence-electron chi connectivity index (χ4n) is 4.51. The Hall–Kier alpha value is -4.06. The third-order valence-electron chi connectivity index (χ3n) is 7.06. The molecule has 0 bridgehead atoms. The monoisotopic (exact) mass is 572 g/mol. The van der Waals surface area contributed by atoms with Crippen molar-refractivity contribution in [2.75, 3.05) is 34.4 Å². The van der Waals surface area contributed by atoms with Gasteiger partial charge in [0, 0.05) is 36.7 Å². The number of ketones is 1.